The number of carbonyl (C=O) groups excluding carboxylic acids is 1. The summed E-state index contributed by atoms with van der Waals surface area (Å²) in [6.45, 7) is 2.93. The molecule has 1 N–H and O–H groups in total. The number of halogens is 2. The second-order valence-corrected chi connectivity index (χ2v) is 7.88. The molecule has 0 spiro atoms. The van der Waals surface area contributed by atoms with Crippen molar-refractivity contribution in [3.05, 3.63) is 63.6 Å². The number of ether oxygens (including phenoxy) is 2. The minimum absolute atomic E-state index is 0.278. The molecule has 0 radical (unpaired) electrons. The number of hydrogen-bond donors (Lipinski definition) is 1. The molecule has 2 aromatic carbocycles. The highest BCUT2D eigenvalue weighted by atomic mass is 35.5. The van der Waals surface area contributed by atoms with Crippen molar-refractivity contribution in [2.45, 2.75) is 13.5 Å². The molecule has 3 aromatic rings. The van der Waals surface area contributed by atoms with Crippen LogP contribution in [-0.4, -0.2) is 43.9 Å². The monoisotopic (exact) mass is 474 g/mol. The van der Waals surface area contributed by atoms with E-state index in [1.807, 2.05) is 31.0 Å². The van der Waals surface area contributed by atoms with Crippen LogP contribution in [0, 0.1) is 0 Å². The van der Waals surface area contributed by atoms with Crippen molar-refractivity contribution in [1.82, 2.24) is 15.5 Å². The first-order valence-corrected chi connectivity index (χ1v) is 10.7. The first-order valence-electron chi connectivity index (χ1n) is 9.90. The fraction of sp³-hybridized carbons (Fsp3) is 0.261. The van der Waals surface area contributed by atoms with Crippen LogP contribution in [0.4, 0.5) is 5.82 Å². The van der Waals surface area contributed by atoms with Gasteiger partial charge in [0.2, 0.25) is 0 Å². The molecule has 0 saturated carbocycles. The van der Waals surface area contributed by atoms with E-state index >= 15 is 0 Å². The standard InChI is InChI=1S/C23H24Cl2N4O3/c1-5-29(2)22-18(12-19(27-28-22)15-9-16(24)11-17(25)10-15)23(30)26-13-14-6-7-20(31-3)21(8-14)32-4/h6-12H,5,13H2,1-4H3,(H,26,30). The fourth-order valence-corrected chi connectivity index (χ4v) is 3.62. The number of carbonyl (C=O) groups is 1. The Labute approximate surface area is 197 Å². The number of amides is 1. The molecular weight excluding hydrogens is 451 g/mol. The molecule has 0 atom stereocenters. The molecule has 0 aliphatic rings. The third-order valence-electron chi connectivity index (χ3n) is 4.91. The van der Waals surface area contributed by atoms with Gasteiger partial charge in [-0.1, -0.05) is 29.3 Å². The van der Waals surface area contributed by atoms with Crippen LogP contribution in [0.15, 0.2) is 42.5 Å². The smallest absolute Gasteiger partial charge is 0.255 e. The number of aromatic nitrogens is 2. The summed E-state index contributed by atoms with van der Waals surface area (Å²) >= 11 is 12.3. The second-order valence-electron chi connectivity index (χ2n) is 7.01. The van der Waals surface area contributed by atoms with Gasteiger partial charge in [-0.3, -0.25) is 4.79 Å². The first kappa shape index (κ1) is 23.6. The van der Waals surface area contributed by atoms with Gasteiger partial charge in [0.15, 0.2) is 17.3 Å². The lowest BCUT2D eigenvalue weighted by Crippen LogP contribution is -2.28. The molecule has 9 heteroatoms. The Morgan fingerprint density at radius 1 is 1.00 bits per heavy atom. The van der Waals surface area contributed by atoms with Gasteiger partial charge in [0.25, 0.3) is 5.91 Å². The highest BCUT2D eigenvalue weighted by Crippen LogP contribution is 2.29. The third kappa shape index (κ3) is 5.41. The third-order valence-corrected chi connectivity index (χ3v) is 5.35. The van der Waals surface area contributed by atoms with E-state index in [1.54, 1.807) is 44.6 Å². The number of hydrogen-bond acceptors (Lipinski definition) is 6. The highest BCUT2D eigenvalue weighted by Gasteiger charge is 2.19. The van der Waals surface area contributed by atoms with Gasteiger partial charge in [0.05, 0.1) is 25.5 Å². The summed E-state index contributed by atoms with van der Waals surface area (Å²) in [5.74, 6) is 1.42. The first-order chi connectivity index (χ1) is 15.4. The number of benzene rings is 2. The van der Waals surface area contributed by atoms with Crippen LogP contribution < -0.4 is 19.7 Å². The van der Waals surface area contributed by atoms with Gasteiger partial charge < -0.3 is 19.7 Å². The van der Waals surface area contributed by atoms with E-state index in [0.29, 0.717) is 57.3 Å². The Bertz CT molecular complexity index is 1100. The van der Waals surface area contributed by atoms with Gasteiger partial charge in [-0.25, -0.2) is 0 Å². The molecule has 1 aromatic heterocycles. The lowest BCUT2D eigenvalue weighted by molar-refractivity contribution is 0.0951. The molecule has 0 aliphatic heterocycles. The summed E-state index contributed by atoms with van der Waals surface area (Å²) in [7, 11) is 5.00. The molecule has 0 unspecified atom stereocenters. The van der Waals surface area contributed by atoms with Crippen molar-refractivity contribution >= 4 is 34.9 Å². The zero-order valence-corrected chi connectivity index (χ0v) is 19.8. The summed E-state index contributed by atoms with van der Waals surface area (Å²) in [5, 5.41) is 12.5. The average molecular weight is 475 g/mol. The van der Waals surface area contributed by atoms with Gasteiger partial charge in [-0.05, 0) is 48.9 Å². The van der Waals surface area contributed by atoms with Crippen molar-refractivity contribution in [2.24, 2.45) is 0 Å². The predicted octanol–water partition coefficient (Wildman–Crippen LogP) is 4.85. The number of nitrogens with one attached hydrogen (secondary N) is 1. The van der Waals surface area contributed by atoms with Crippen molar-refractivity contribution in [1.29, 1.82) is 0 Å². The van der Waals surface area contributed by atoms with Crippen molar-refractivity contribution in [3.8, 4) is 22.8 Å². The Kier molecular flexibility index (Phi) is 7.77. The van der Waals surface area contributed by atoms with Crippen LogP contribution in [0.5, 0.6) is 11.5 Å². The Hall–Kier alpha value is -3.03. The molecule has 3 rings (SSSR count). The zero-order chi connectivity index (χ0) is 23.3. The van der Waals surface area contributed by atoms with E-state index < -0.39 is 0 Å². The normalized spacial score (nSPS) is 10.6. The van der Waals surface area contributed by atoms with E-state index in [9.17, 15) is 4.79 Å². The minimum atomic E-state index is -0.278. The molecule has 0 fully saturated rings. The Balaban J connectivity index is 1.91. The maximum atomic E-state index is 13.1. The van der Waals surface area contributed by atoms with Crippen LogP contribution in [0.1, 0.15) is 22.8 Å². The SMILES string of the molecule is CCN(C)c1nnc(-c2cc(Cl)cc(Cl)c2)cc1C(=O)NCc1ccc(OC)c(OC)c1. The maximum Gasteiger partial charge on any atom is 0.255 e. The Morgan fingerprint density at radius 3 is 2.31 bits per heavy atom. The second kappa shape index (κ2) is 10.5. The average Bonchev–Trinajstić information content (AvgIpc) is 2.80. The molecule has 1 heterocycles. The fourth-order valence-electron chi connectivity index (χ4n) is 3.10. The van der Waals surface area contributed by atoms with Gasteiger partial charge in [-0.15, -0.1) is 10.2 Å². The summed E-state index contributed by atoms with van der Waals surface area (Å²) in [6, 6.07) is 12.3. The van der Waals surface area contributed by atoms with Crippen LogP contribution in [0.2, 0.25) is 10.0 Å². The predicted molar refractivity (Wildman–Crippen MR) is 127 cm³/mol. The van der Waals surface area contributed by atoms with E-state index in [1.165, 1.54) is 0 Å². The summed E-state index contributed by atoms with van der Waals surface area (Å²) in [6.07, 6.45) is 0. The van der Waals surface area contributed by atoms with Crippen molar-refractivity contribution in [2.75, 3.05) is 32.7 Å². The maximum absolute atomic E-state index is 13.1. The number of anilines is 1. The molecule has 168 valence electrons. The lowest BCUT2D eigenvalue weighted by Gasteiger charge is -2.19. The molecule has 0 aliphatic carbocycles. The largest absolute Gasteiger partial charge is 0.493 e. The van der Waals surface area contributed by atoms with Gasteiger partial charge in [0, 0.05) is 35.7 Å². The summed E-state index contributed by atoms with van der Waals surface area (Å²) in [5.41, 5.74) is 2.44. The minimum Gasteiger partial charge on any atom is -0.493 e. The lowest BCUT2D eigenvalue weighted by atomic mass is 10.1. The van der Waals surface area contributed by atoms with Crippen LogP contribution in [0.3, 0.4) is 0 Å². The molecule has 7 nitrogen and oxygen atoms in total. The summed E-state index contributed by atoms with van der Waals surface area (Å²) < 4.78 is 10.6. The molecule has 1 amide bonds. The van der Waals surface area contributed by atoms with Crippen LogP contribution in [0.25, 0.3) is 11.3 Å². The number of methoxy groups -OCH3 is 2. The number of nitrogens with zero attached hydrogens (tertiary/aromatic N) is 3. The van der Waals surface area contributed by atoms with E-state index in [-0.39, 0.29) is 5.91 Å². The quantitative estimate of drug-likeness (QED) is 0.502. The van der Waals surface area contributed by atoms with Crippen molar-refractivity contribution in [3.63, 3.8) is 0 Å². The zero-order valence-electron chi connectivity index (χ0n) is 18.3. The molecule has 32 heavy (non-hydrogen) atoms. The summed E-state index contributed by atoms with van der Waals surface area (Å²) in [4.78, 5) is 15.0. The molecule has 0 bridgehead atoms. The Morgan fingerprint density at radius 2 is 1.69 bits per heavy atom. The van der Waals surface area contributed by atoms with Gasteiger partial charge in [0.1, 0.15) is 0 Å². The van der Waals surface area contributed by atoms with Crippen molar-refractivity contribution < 1.29 is 14.3 Å². The van der Waals surface area contributed by atoms with Crippen LogP contribution in [-0.2, 0) is 6.54 Å². The molecule has 0 saturated heterocycles. The van der Waals surface area contributed by atoms with E-state index in [4.69, 9.17) is 32.7 Å². The number of rotatable bonds is 8. The van der Waals surface area contributed by atoms with Gasteiger partial charge >= 0.3 is 0 Å². The molecular formula is C23H24Cl2N4O3. The van der Waals surface area contributed by atoms with Gasteiger partial charge in [-0.2, -0.15) is 0 Å². The van der Waals surface area contributed by atoms with Crippen LogP contribution >= 0.6 is 23.2 Å². The highest BCUT2D eigenvalue weighted by molar-refractivity contribution is 6.35. The van der Waals surface area contributed by atoms with E-state index in [2.05, 4.69) is 15.5 Å². The van der Waals surface area contributed by atoms with E-state index in [0.717, 1.165) is 5.56 Å². The topological polar surface area (TPSA) is 76.6 Å².